The van der Waals surface area contributed by atoms with Crippen molar-refractivity contribution in [1.82, 2.24) is 15.2 Å². The fourth-order valence-corrected chi connectivity index (χ4v) is 1.49. The van der Waals surface area contributed by atoms with Gasteiger partial charge in [-0.15, -0.1) is 0 Å². The van der Waals surface area contributed by atoms with Gasteiger partial charge in [-0.3, -0.25) is 5.10 Å². The normalized spacial score (nSPS) is 12.3. The summed E-state index contributed by atoms with van der Waals surface area (Å²) in [5.41, 5.74) is 0.0899. The van der Waals surface area contributed by atoms with Crippen molar-refractivity contribution in [3.8, 4) is 0 Å². The van der Waals surface area contributed by atoms with Crippen LogP contribution < -0.4 is 0 Å². The van der Waals surface area contributed by atoms with Crippen molar-refractivity contribution in [2.75, 3.05) is 0 Å². The molecule has 0 unspecified atom stereocenters. The van der Waals surface area contributed by atoms with Gasteiger partial charge in [-0.05, 0) is 6.07 Å². The molecule has 2 aromatic heterocycles. The van der Waals surface area contributed by atoms with Crippen LogP contribution in [0.4, 0.5) is 8.78 Å². The van der Waals surface area contributed by atoms with Crippen LogP contribution in [0.2, 0.25) is 5.15 Å². The summed E-state index contributed by atoms with van der Waals surface area (Å²) < 4.78 is 26.1. The van der Waals surface area contributed by atoms with Crippen molar-refractivity contribution in [2.24, 2.45) is 0 Å². The molecule has 0 spiro atoms. The number of aromatic nitrogens is 3. The minimum atomic E-state index is -3.02. The molecule has 2 rings (SSSR count). The summed E-state index contributed by atoms with van der Waals surface area (Å²) >= 11 is 5.71. The highest BCUT2D eigenvalue weighted by atomic mass is 35.5. The van der Waals surface area contributed by atoms with E-state index in [-0.39, 0.29) is 16.2 Å². The van der Waals surface area contributed by atoms with Gasteiger partial charge in [0, 0.05) is 13.1 Å². The summed E-state index contributed by atoms with van der Waals surface area (Å²) in [4.78, 5) is 3.73. The number of halogens is 3. The van der Waals surface area contributed by atoms with Gasteiger partial charge < -0.3 is 0 Å². The van der Waals surface area contributed by atoms with E-state index in [2.05, 4.69) is 15.2 Å². The Hall–Kier alpha value is -1.23. The monoisotopic (exact) mass is 217 g/mol. The molecule has 0 aliphatic rings. The van der Waals surface area contributed by atoms with Gasteiger partial charge in [0.15, 0.2) is 0 Å². The first-order valence-corrected chi connectivity index (χ1v) is 4.25. The molecule has 1 N–H and O–H groups in total. The Morgan fingerprint density at radius 1 is 1.50 bits per heavy atom. The molecule has 0 saturated heterocycles. The fraction of sp³-hybridized carbons (Fsp3) is 0.250. The Morgan fingerprint density at radius 2 is 2.21 bits per heavy atom. The van der Waals surface area contributed by atoms with Gasteiger partial charge >= 0.3 is 0 Å². The second-order valence-electron chi connectivity index (χ2n) is 2.98. The van der Waals surface area contributed by atoms with E-state index in [1.807, 2.05) is 0 Å². The predicted octanol–water partition coefficient (Wildman–Crippen LogP) is 2.72. The first kappa shape index (κ1) is 9.33. The number of pyridine rings is 1. The maximum absolute atomic E-state index is 13.0. The standard InChI is InChI=1S/C8H6ClF2N3/c1-8(10,11)6-5-4(13-14-6)2-3-12-7(5)9/h2-3H,1H3,(H,13,14). The van der Waals surface area contributed by atoms with Crippen molar-refractivity contribution in [3.63, 3.8) is 0 Å². The number of hydrogen-bond donors (Lipinski definition) is 1. The minimum Gasteiger partial charge on any atom is -0.277 e. The van der Waals surface area contributed by atoms with Gasteiger partial charge in [0.2, 0.25) is 0 Å². The molecular formula is C8H6ClF2N3. The maximum atomic E-state index is 13.0. The Kier molecular flexibility index (Phi) is 1.92. The number of nitrogens with zero attached hydrogens (tertiary/aromatic N) is 2. The van der Waals surface area contributed by atoms with Gasteiger partial charge in [0.05, 0.1) is 10.9 Å². The van der Waals surface area contributed by atoms with Gasteiger partial charge in [-0.2, -0.15) is 13.9 Å². The molecule has 0 radical (unpaired) electrons. The Bertz CT molecular complexity index is 475. The number of nitrogens with one attached hydrogen (secondary N) is 1. The van der Waals surface area contributed by atoms with Crippen LogP contribution in [0.25, 0.3) is 10.9 Å². The molecular weight excluding hydrogens is 212 g/mol. The summed E-state index contributed by atoms with van der Waals surface area (Å²) in [7, 11) is 0. The van der Waals surface area contributed by atoms with Crippen molar-refractivity contribution in [2.45, 2.75) is 12.8 Å². The highest BCUT2D eigenvalue weighted by Crippen LogP contribution is 2.33. The Morgan fingerprint density at radius 3 is 2.86 bits per heavy atom. The van der Waals surface area contributed by atoms with Crippen LogP contribution in [0.3, 0.4) is 0 Å². The van der Waals surface area contributed by atoms with Crippen LogP contribution in [0.15, 0.2) is 12.3 Å². The first-order valence-electron chi connectivity index (χ1n) is 3.87. The average molecular weight is 218 g/mol. The highest BCUT2D eigenvalue weighted by molar-refractivity contribution is 6.34. The van der Waals surface area contributed by atoms with Gasteiger partial charge in [-0.25, -0.2) is 4.98 Å². The molecule has 0 aromatic carbocycles. The summed E-state index contributed by atoms with van der Waals surface area (Å²) in [5.74, 6) is -3.02. The number of rotatable bonds is 1. The van der Waals surface area contributed by atoms with E-state index in [9.17, 15) is 8.78 Å². The summed E-state index contributed by atoms with van der Waals surface area (Å²) in [5, 5.41) is 6.23. The molecule has 2 heterocycles. The van der Waals surface area contributed by atoms with Crippen LogP contribution >= 0.6 is 11.6 Å². The molecule has 14 heavy (non-hydrogen) atoms. The summed E-state index contributed by atoms with van der Waals surface area (Å²) in [6.45, 7) is 0.770. The quantitative estimate of drug-likeness (QED) is 0.747. The maximum Gasteiger partial charge on any atom is 0.289 e. The molecule has 0 saturated carbocycles. The van der Waals surface area contributed by atoms with E-state index in [0.29, 0.717) is 5.52 Å². The van der Waals surface area contributed by atoms with Crippen LogP contribution in [0.1, 0.15) is 12.6 Å². The fourth-order valence-electron chi connectivity index (χ4n) is 1.24. The average Bonchev–Trinajstić information content (AvgIpc) is 2.47. The third-order valence-electron chi connectivity index (χ3n) is 1.85. The minimum absolute atomic E-state index is 0.0350. The second-order valence-corrected chi connectivity index (χ2v) is 3.34. The van der Waals surface area contributed by atoms with Crippen molar-refractivity contribution < 1.29 is 8.78 Å². The third-order valence-corrected chi connectivity index (χ3v) is 2.13. The van der Waals surface area contributed by atoms with Crippen LogP contribution in [0.5, 0.6) is 0 Å². The van der Waals surface area contributed by atoms with Gasteiger partial charge in [-0.1, -0.05) is 11.6 Å². The predicted molar refractivity (Wildman–Crippen MR) is 48.5 cm³/mol. The molecule has 0 atom stereocenters. The zero-order valence-corrected chi connectivity index (χ0v) is 7.94. The molecule has 0 amide bonds. The lowest BCUT2D eigenvalue weighted by Crippen LogP contribution is -2.08. The van der Waals surface area contributed by atoms with Crippen molar-refractivity contribution >= 4 is 22.5 Å². The van der Waals surface area contributed by atoms with E-state index in [4.69, 9.17) is 11.6 Å². The second kappa shape index (κ2) is 2.88. The molecule has 2 aromatic rings. The SMILES string of the molecule is CC(F)(F)c1n[nH]c2ccnc(Cl)c12. The van der Waals surface area contributed by atoms with E-state index >= 15 is 0 Å². The Balaban J connectivity index is 2.80. The lowest BCUT2D eigenvalue weighted by Gasteiger charge is -2.06. The van der Waals surface area contributed by atoms with E-state index in [1.54, 1.807) is 6.07 Å². The lowest BCUT2D eigenvalue weighted by molar-refractivity contribution is 0.0142. The molecule has 6 heteroatoms. The molecule has 0 bridgehead atoms. The van der Waals surface area contributed by atoms with Crippen LogP contribution in [-0.4, -0.2) is 15.2 Å². The highest BCUT2D eigenvalue weighted by Gasteiger charge is 2.31. The van der Waals surface area contributed by atoms with E-state index < -0.39 is 5.92 Å². The smallest absolute Gasteiger partial charge is 0.277 e. The zero-order valence-electron chi connectivity index (χ0n) is 7.18. The first-order chi connectivity index (χ1) is 6.50. The topological polar surface area (TPSA) is 41.6 Å². The molecule has 0 fully saturated rings. The number of alkyl halides is 2. The van der Waals surface area contributed by atoms with Crippen LogP contribution in [0, 0.1) is 0 Å². The lowest BCUT2D eigenvalue weighted by atomic mass is 10.2. The van der Waals surface area contributed by atoms with E-state index in [1.165, 1.54) is 6.20 Å². The number of fused-ring (bicyclic) bond motifs is 1. The van der Waals surface area contributed by atoms with Gasteiger partial charge in [0.25, 0.3) is 5.92 Å². The third kappa shape index (κ3) is 1.33. The Labute approximate surface area is 83.1 Å². The number of aromatic amines is 1. The van der Waals surface area contributed by atoms with Crippen LogP contribution in [-0.2, 0) is 5.92 Å². The van der Waals surface area contributed by atoms with Crippen molar-refractivity contribution in [3.05, 3.63) is 23.1 Å². The molecule has 0 aliphatic heterocycles. The van der Waals surface area contributed by atoms with Gasteiger partial charge in [0.1, 0.15) is 10.8 Å². The summed E-state index contributed by atoms with van der Waals surface area (Å²) in [6, 6.07) is 1.55. The zero-order chi connectivity index (χ0) is 10.3. The van der Waals surface area contributed by atoms with Crippen molar-refractivity contribution in [1.29, 1.82) is 0 Å². The summed E-state index contributed by atoms with van der Waals surface area (Å²) in [6.07, 6.45) is 1.43. The number of H-pyrrole nitrogens is 1. The number of hydrogen-bond acceptors (Lipinski definition) is 2. The molecule has 0 aliphatic carbocycles. The molecule has 74 valence electrons. The molecule has 3 nitrogen and oxygen atoms in total. The van der Waals surface area contributed by atoms with E-state index in [0.717, 1.165) is 6.92 Å². The largest absolute Gasteiger partial charge is 0.289 e.